The van der Waals surface area contributed by atoms with Gasteiger partial charge in [0.05, 0.1) is 11.1 Å². The van der Waals surface area contributed by atoms with Crippen LogP contribution in [0.1, 0.15) is 10.9 Å². The second-order valence-electron chi connectivity index (χ2n) is 3.78. The molecule has 15 heavy (non-hydrogen) atoms. The molecule has 2 unspecified atom stereocenters. The highest BCUT2D eigenvalue weighted by Crippen LogP contribution is 2.32. The Balaban J connectivity index is 2.13. The molecule has 84 valence electrons. The fraction of sp³-hybridized carbons (Fsp3) is 0.600. The first-order valence-electron chi connectivity index (χ1n) is 4.96. The molecule has 0 amide bonds. The molecule has 5 heteroatoms. The van der Waals surface area contributed by atoms with E-state index in [1.54, 1.807) is 11.3 Å². The van der Waals surface area contributed by atoms with Crippen molar-refractivity contribution >= 4 is 34.7 Å². The largest absolute Gasteiger partial charge is 0.322 e. The molecule has 0 saturated carbocycles. The van der Waals surface area contributed by atoms with E-state index in [9.17, 15) is 0 Å². The minimum atomic E-state index is 0.0512. The minimum absolute atomic E-state index is 0.0512. The molecule has 0 spiro atoms. The van der Waals surface area contributed by atoms with Crippen molar-refractivity contribution in [2.75, 3.05) is 25.1 Å². The second kappa shape index (κ2) is 5.06. The number of rotatable bonds is 2. The molecule has 2 N–H and O–H groups in total. The maximum Gasteiger partial charge on any atom is 0.0570 e. The zero-order chi connectivity index (χ0) is 10.8. The molecule has 0 aromatic carbocycles. The fourth-order valence-corrected chi connectivity index (χ4v) is 4.33. The van der Waals surface area contributed by atoms with Crippen LogP contribution in [0.2, 0.25) is 5.02 Å². The van der Waals surface area contributed by atoms with Crippen molar-refractivity contribution in [3.05, 3.63) is 21.3 Å². The first-order valence-corrected chi connectivity index (χ1v) is 7.38. The molecular formula is C10H15ClN2S2. The van der Waals surface area contributed by atoms with E-state index in [4.69, 9.17) is 17.3 Å². The van der Waals surface area contributed by atoms with Crippen LogP contribution in [-0.2, 0) is 0 Å². The van der Waals surface area contributed by atoms with Crippen molar-refractivity contribution in [2.24, 2.45) is 5.73 Å². The molecule has 0 bridgehead atoms. The molecule has 1 fully saturated rings. The Morgan fingerprint density at radius 1 is 1.67 bits per heavy atom. The van der Waals surface area contributed by atoms with Crippen molar-refractivity contribution in [1.82, 2.24) is 4.90 Å². The zero-order valence-corrected chi connectivity index (χ0v) is 11.0. The summed E-state index contributed by atoms with van der Waals surface area (Å²) < 4.78 is 0. The van der Waals surface area contributed by atoms with Gasteiger partial charge in [-0.2, -0.15) is 11.8 Å². The average Bonchev–Trinajstić information content (AvgIpc) is 2.64. The van der Waals surface area contributed by atoms with Crippen molar-refractivity contribution in [3.63, 3.8) is 0 Å². The molecule has 1 aromatic rings. The van der Waals surface area contributed by atoms with Crippen LogP contribution in [0.15, 0.2) is 11.4 Å². The predicted molar refractivity (Wildman–Crippen MR) is 70.0 cm³/mol. The van der Waals surface area contributed by atoms with Gasteiger partial charge in [-0.3, -0.25) is 4.90 Å². The van der Waals surface area contributed by atoms with Crippen molar-refractivity contribution in [2.45, 2.75) is 12.1 Å². The van der Waals surface area contributed by atoms with Gasteiger partial charge in [0.1, 0.15) is 0 Å². The zero-order valence-electron chi connectivity index (χ0n) is 8.65. The minimum Gasteiger partial charge on any atom is -0.322 e. The number of hydrogen-bond acceptors (Lipinski definition) is 4. The highest BCUT2D eigenvalue weighted by Gasteiger charge is 2.28. The molecular weight excluding hydrogens is 248 g/mol. The van der Waals surface area contributed by atoms with Crippen LogP contribution < -0.4 is 5.73 Å². The summed E-state index contributed by atoms with van der Waals surface area (Å²) in [5.41, 5.74) is 6.28. The molecule has 2 nitrogen and oxygen atoms in total. The van der Waals surface area contributed by atoms with Crippen LogP contribution in [0.25, 0.3) is 0 Å². The number of likely N-dealkylation sites (N-methyl/N-ethyl adjacent to an activating group) is 1. The van der Waals surface area contributed by atoms with E-state index in [-0.39, 0.29) is 6.04 Å². The number of nitrogens with two attached hydrogens (primary N) is 1. The molecule has 0 aliphatic carbocycles. The van der Waals surface area contributed by atoms with Crippen molar-refractivity contribution in [1.29, 1.82) is 0 Å². The molecule has 1 aliphatic rings. The molecule has 1 aromatic heterocycles. The lowest BCUT2D eigenvalue weighted by molar-refractivity contribution is 0.239. The Hall–Kier alpha value is 0.260. The van der Waals surface area contributed by atoms with Gasteiger partial charge in [-0.1, -0.05) is 11.6 Å². The summed E-state index contributed by atoms with van der Waals surface area (Å²) in [6.45, 7) is 1.12. The Labute approximate surface area is 104 Å². The van der Waals surface area contributed by atoms with E-state index in [2.05, 4.69) is 11.9 Å². The third-order valence-corrected chi connectivity index (χ3v) is 5.31. The lowest BCUT2D eigenvalue weighted by Crippen LogP contribution is -2.45. The summed E-state index contributed by atoms with van der Waals surface area (Å²) in [4.78, 5) is 3.47. The monoisotopic (exact) mass is 262 g/mol. The second-order valence-corrected chi connectivity index (χ2v) is 6.29. The van der Waals surface area contributed by atoms with Gasteiger partial charge in [0.15, 0.2) is 0 Å². The highest BCUT2D eigenvalue weighted by atomic mass is 35.5. The summed E-state index contributed by atoms with van der Waals surface area (Å²) >= 11 is 9.75. The van der Waals surface area contributed by atoms with Crippen LogP contribution in [0, 0.1) is 0 Å². The molecule has 1 aliphatic heterocycles. The highest BCUT2D eigenvalue weighted by molar-refractivity contribution is 7.99. The third kappa shape index (κ3) is 2.50. The topological polar surface area (TPSA) is 29.3 Å². The van der Waals surface area contributed by atoms with Crippen LogP contribution in [0.4, 0.5) is 0 Å². The van der Waals surface area contributed by atoms with E-state index in [0.717, 1.165) is 22.2 Å². The van der Waals surface area contributed by atoms with Gasteiger partial charge < -0.3 is 5.73 Å². The average molecular weight is 263 g/mol. The summed E-state index contributed by atoms with van der Waals surface area (Å²) in [5, 5.41) is 2.82. The Morgan fingerprint density at radius 3 is 3.07 bits per heavy atom. The van der Waals surface area contributed by atoms with Crippen molar-refractivity contribution < 1.29 is 0 Å². The number of hydrogen-bond donors (Lipinski definition) is 1. The number of thioether (sulfide) groups is 1. The summed E-state index contributed by atoms with van der Waals surface area (Å²) in [7, 11) is 2.14. The Bertz CT molecular complexity index is 329. The van der Waals surface area contributed by atoms with E-state index in [0.29, 0.717) is 6.04 Å². The predicted octanol–water partition coefficient (Wildman–Crippen LogP) is 2.45. The smallest absolute Gasteiger partial charge is 0.0570 e. The van der Waals surface area contributed by atoms with Gasteiger partial charge >= 0.3 is 0 Å². The fourth-order valence-electron chi connectivity index (χ4n) is 1.80. The summed E-state index contributed by atoms with van der Waals surface area (Å²) in [6.07, 6.45) is 0. The quantitative estimate of drug-likeness (QED) is 0.888. The number of halogens is 1. The van der Waals surface area contributed by atoms with Crippen LogP contribution in [0.3, 0.4) is 0 Å². The molecule has 0 radical (unpaired) electrons. The van der Waals surface area contributed by atoms with Crippen molar-refractivity contribution in [3.8, 4) is 0 Å². The van der Waals surface area contributed by atoms with Gasteiger partial charge in [0, 0.05) is 29.0 Å². The van der Waals surface area contributed by atoms with Gasteiger partial charge in [0.25, 0.3) is 0 Å². The first kappa shape index (κ1) is 11.7. The maximum atomic E-state index is 6.28. The number of thiophene rings is 1. The normalized spacial score (nSPS) is 25.4. The third-order valence-electron chi connectivity index (χ3n) is 2.81. The van der Waals surface area contributed by atoms with Crippen LogP contribution >= 0.6 is 34.7 Å². The Morgan fingerprint density at radius 2 is 2.47 bits per heavy atom. The van der Waals surface area contributed by atoms with E-state index >= 15 is 0 Å². The molecule has 2 heterocycles. The van der Waals surface area contributed by atoms with Gasteiger partial charge in [-0.05, 0) is 18.5 Å². The lowest BCUT2D eigenvalue weighted by atomic mass is 10.1. The van der Waals surface area contributed by atoms with Crippen LogP contribution in [0.5, 0.6) is 0 Å². The van der Waals surface area contributed by atoms with Gasteiger partial charge in [0.2, 0.25) is 0 Å². The summed E-state index contributed by atoms with van der Waals surface area (Å²) in [6, 6.07) is 2.40. The van der Waals surface area contributed by atoms with Gasteiger partial charge in [-0.15, -0.1) is 11.3 Å². The first-order chi connectivity index (χ1) is 7.20. The molecule has 2 rings (SSSR count). The lowest BCUT2D eigenvalue weighted by Gasteiger charge is -2.35. The van der Waals surface area contributed by atoms with Crippen LogP contribution in [-0.4, -0.2) is 36.0 Å². The Kier molecular flexibility index (Phi) is 3.96. The maximum absolute atomic E-state index is 6.28. The van der Waals surface area contributed by atoms with E-state index in [1.807, 2.05) is 23.2 Å². The molecule has 2 atom stereocenters. The van der Waals surface area contributed by atoms with E-state index < -0.39 is 0 Å². The molecule has 1 saturated heterocycles. The SMILES string of the molecule is CN1CCSCC1C(N)c1sccc1Cl. The summed E-state index contributed by atoms with van der Waals surface area (Å²) in [5.74, 6) is 2.31. The van der Waals surface area contributed by atoms with E-state index in [1.165, 1.54) is 5.75 Å². The van der Waals surface area contributed by atoms with Gasteiger partial charge in [-0.25, -0.2) is 0 Å². The number of nitrogens with zero attached hydrogens (tertiary/aromatic N) is 1. The standard InChI is InChI=1S/C10H15ClN2S2/c1-13-3-5-14-6-8(13)9(12)10-7(11)2-4-15-10/h2,4,8-9H,3,5-6,12H2,1H3.